The monoisotopic (exact) mass is 299 g/mol. The van der Waals surface area contributed by atoms with Gasteiger partial charge < -0.3 is 4.74 Å². The summed E-state index contributed by atoms with van der Waals surface area (Å²) in [4.78, 5) is 12.0. The smallest absolute Gasteiger partial charge is 0.269 e. The van der Waals surface area contributed by atoms with Gasteiger partial charge in [0.05, 0.1) is 0 Å². The second-order valence-electron chi connectivity index (χ2n) is 4.39. The van der Waals surface area contributed by atoms with Crippen LogP contribution in [0.1, 0.15) is 13.8 Å². The summed E-state index contributed by atoms with van der Waals surface area (Å²) >= 11 is 1.15. The minimum atomic E-state index is -1.36. The molecule has 1 heterocycles. The Morgan fingerprint density at radius 3 is 2.75 bits per heavy atom. The van der Waals surface area contributed by atoms with Gasteiger partial charge in [0.2, 0.25) is 5.13 Å². The first-order valence-electron chi connectivity index (χ1n) is 5.60. The summed E-state index contributed by atoms with van der Waals surface area (Å²) in [5, 5.41) is 10.0. The lowest BCUT2D eigenvalue weighted by Gasteiger charge is -2.24. The van der Waals surface area contributed by atoms with E-state index in [0.717, 1.165) is 23.5 Å². The maximum Gasteiger partial charge on any atom is 0.269 e. The van der Waals surface area contributed by atoms with Crippen LogP contribution in [0.5, 0.6) is 5.75 Å². The molecule has 0 aliphatic carbocycles. The average molecular weight is 299 g/mol. The molecule has 0 unspecified atom stereocenters. The first-order valence-corrected chi connectivity index (χ1v) is 6.48. The highest BCUT2D eigenvalue weighted by molar-refractivity contribution is 7.13. The maximum atomic E-state index is 13.5. The molecule has 2 aromatic rings. The van der Waals surface area contributed by atoms with E-state index in [-0.39, 0.29) is 5.75 Å². The van der Waals surface area contributed by atoms with Gasteiger partial charge in [-0.05, 0) is 26.0 Å². The van der Waals surface area contributed by atoms with Crippen molar-refractivity contribution in [3.8, 4) is 5.75 Å². The lowest BCUT2D eigenvalue weighted by molar-refractivity contribution is -0.128. The molecule has 0 radical (unpaired) electrons. The number of rotatable bonds is 4. The van der Waals surface area contributed by atoms with Crippen LogP contribution in [0, 0.1) is 11.6 Å². The van der Waals surface area contributed by atoms with Crippen molar-refractivity contribution in [1.82, 2.24) is 10.2 Å². The van der Waals surface area contributed by atoms with E-state index in [2.05, 4.69) is 15.5 Å². The predicted molar refractivity (Wildman–Crippen MR) is 69.6 cm³/mol. The number of halogens is 2. The van der Waals surface area contributed by atoms with Crippen LogP contribution in [0.25, 0.3) is 0 Å². The summed E-state index contributed by atoms with van der Waals surface area (Å²) in [5.41, 5.74) is 0.105. The van der Waals surface area contributed by atoms with Gasteiger partial charge in [-0.1, -0.05) is 11.3 Å². The Balaban J connectivity index is 2.11. The number of hydrogen-bond acceptors (Lipinski definition) is 5. The van der Waals surface area contributed by atoms with E-state index >= 15 is 0 Å². The van der Waals surface area contributed by atoms with Gasteiger partial charge in [-0.25, -0.2) is 8.78 Å². The van der Waals surface area contributed by atoms with Crippen LogP contribution in [0.4, 0.5) is 13.9 Å². The molecule has 5 nitrogen and oxygen atoms in total. The molecular formula is C12H11F2N3O2S. The van der Waals surface area contributed by atoms with Gasteiger partial charge in [-0.3, -0.25) is 10.1 Å². The Morgan fingerprint density at radius 2 is 2.15 bits per heavy atom. The SMILES string of the molecule is CC(C)(Oc1ccc(F)cc1F)C(=O)Nc1nncs1. The van der Waals surface area contributed by atoms with Crippen molar-refractivity contribution in [2.24, 2.45) is 0 Å². The lowest BCUT2D eigenvalue weighted by Crippen LogP contribution is -2.42. The number of ether oxygens (including phenoxy) is 1. The number of nitrogens with zero attached hydrogens (tertiary/aromatic N) is 2. The summed E-state index contributed by atoms with van der Waals surface area (Å²) in [7, 11) is 0. The topological polar surface area (TPSA) is 64.1 Å². The normalized spacial score (nSPS) is 11.2. The first kappa shape index (κ1) is 14.3. The Hall–Kier alpha value is -2.09. The Labute approximate surface area is 117 Å². The van der Waals surface area contributed by atoms with Crippen molar-refractivity contribution in [3.63, 3.8) is 0 Å². The molecule has 0 spiro atoms. The highest BCUT2D eigenvalue weighted by Crippen LogP contribution is 2.24. The molecule has 0 aliphatic heterocycles. The van der Waals surface area contributed by atoms with Gasteiger partial charge in [-0.2, -0.15) is 0 Å². The van der Waals surface area contributed by atoms with E-state index < -0.39 is 23.1 Å². The van der Waals surface area contributed by atoms with Crippen LogP contribution < -0.4 is 10.1 Å². The lowest BCUT2D eigenvalue weighted by atomic mass is 10.1. The molecule has 0 fully saturated rings. The molecule has 106 valence electrons. The largest absolute Gasteiger partial charge is 0.475 e. The summed E-state index contributed by atoms with van der Waals surface area (Å²) < 4.78 is 31.6. The van der Waals surface area contributed by atoms with Gasteiger partial charge in [0, 0.05) is 6.07 Å². The highest BCUT2D eigenvalue weighted by atomic mass is 32.1. The van der Waals surface area contributed by atoms with Crippen molar-refractivity contribution in [1.29, 1.82) is 0 Å². The first-order chi connectivity index (χ1) is 9.38. The number of anilines is 1. The molecule has 8 heteroatoms. The minimum absolute atomic E-state index is 0.205. The van der Waals surface area contributed by atoms with Crippen LogP contribution in [0.15, 0.2) is 23.7 Å². The molecule has 0 bridgehead atoms. The summed E-state index contributed by atoms with van der Waals surface area (Å²) in [6, 6.07) is 2.87. The summed E-state index contributed by atoms with van der Waals surface area (Å²) in [6.45, 7) is 2.93. The molecule has 1 N–H and O–H groups in total. The van der Waals surface area contributed by atoms with Crippen molar-refractivity contribution >= 4 is 22.4 Å². The molecule has 2 rings (SSSR count). The number of carbonyl (C=O) groups excluding carboxylic acids is 1. The van der Waals surface area contributed by atoms with Crippen LogP contribution in [0.2, 0.25) is 0 Å². The zero-order valence-electron chi connectivity index (χ0n) is 10.7. The number of amides is 1. The minimum Gasteiger partial charge on any atom is -0.475 e. The summed E-state index contributed by atoms with van der Waals surface area (Å²) in [5.74, 6) is -2.31. The standard InChI is InChI=1S/C12H11F2N3O2S/c1-12(2,10(18)16-11-17-15-6-20-11)19-9-4-3-7(13)5-8(9)14/h3-6H,1-2H3,(H,16,17,18). The number of carbonyl (C=O) groups is 1. The van der Waals surface area contributed by atoms with Gasteiger partial charge in [0.15, 0.2) is 17.2 Å². The molecule has 1 amide bonds. The fourth-order valence-corrected chi connectivity index (χ4v) is 1.79. The second-order valence-corrected chi connectivity index (χ2v) is 5.22. The van der Waals surface area contributed by atoms with Crippen LogP contribution in [0.3, 0.4) is 0 Å². The number of hydrogen-bond donors (Lipinski definition) is 1. The zero-order valence-corrected chi connectivity index (χ0v) is 11.5. The van der Waals surface area contributed by atoms with E-state index in [1.54, 1.807) is 0 Å². The molecule has 0 aliphatic rings. The van der Waals surface area contributed by atoms with Gasteiger partial charge >= 0.3 is 0 Å². The van der Waals surface area contributed by atoms with E-state index in [9.17, 15) is 13.6 Å². The van der Waals surface area contributed by atoms with Gasteiger partial charge in [-0.15, -0.1) is 10.2 Å². The maximum absolute atomic E-state index is 13.5. The third kappa shape index (κ3) is 3.27. The van der Waals surface area contributed by atoms with E-state index in [4.69, 9.17) is 4.74 Å². The van der Waals surface area contributed by atoms with Crippen LogP contribution >= 0.6 is 11.3 Å². The van der Waals surface area contributed by atoms with E-state index in [0.29, 0.717) is 11.2 Å². The van der Waals surface area contributed by atoms with E-state index in [1.807, 2.05) is 0 Å². The van der Waals surface area contributed by atoms with Crippen LogP contribution in [-0.2, 0) is 4.79 Å². The van der Waals surface area contributed by atoms with Gasteiger partial charge in [0.25, 0.3) is 5.91 Å². The molecule has 20 heavy (non-hydrogen) atoms. The molecule has 0 saturated heterocycles. The average Bonchev–Trinajstić information content (AvgIpc) is 2.85. The number of benzene rings is 1. The Morgan fingerprint density at radius 1 is 1.40 bits per heavy atom. The van der Waals surface area contributed by atoms with E-state index in [1.165, 1.54) is 19.4 Å². The van der Waals surface area contributed by atoms with Crippen molar-refractivity contribution in [2.45, 2.75) is 19.4 Å². The number of nitrogens with one attached hydrogen (secondary N) is 1. The zero-order chi connectivity index (χ0) is 14.8. The number of aromatic nitrogens is 2. The Bertz CT molecular complexity index is 617. The molecule has 0 saturated carbocycles. The van der Waals surface area contributed by atoms with Crippen molar-refractivity contribution in [2.75, 3.05) is 5.32 Å². The Kier molecular flexibility index (Phi) is 3.93. The molecular weight excluding hydrogens is 288 g/mol. The molecule has 1 aromatic heterocycles. The third-order valence-corrected chi connectivity index (χ3v) is 2.99. The highest BCUT2D eigenvalue weighted by Gasteiger charge is 2.31. The van der Waals surface area contributed by atoms with Crippen molar-refractivity contribution in [3.05, 3.63) is 35.3 Å². The third-order valence-electron chi connectivity index (χ3n) is 2.39. The summed E-state index contributed by atoms with van der Waals surface area (Å²) in [6.07, 6.45) is 0. The van der Waals surface area contributed by atoms with Crippen LogP contribution in [-0.4, -0.2) is 21.7 Å². The predicted octanol–water partition coefficient (Wildman–Crippen LogP) is 2.61. The molecule has 1 aromatic carbocycles. The second kappa shape index (κ2) is 5.49. The fraction of sp³-hybridized carbons (Fsp3) is 0.250. The van der Waals surface area contributed by atoms with Gasteiger partial charge in [0.1, 0.15) is 11.3 Å². The fourth-order valence-electron chi connectivity index (χ4n) is 1.35. The van der Waals surface area contributed by atoms with Crippen molar-refractivity contribution < 1.29 is 18.3 Å². The molecule has 0 atom stereocenters. The quantitative estimate of drug-likeness (QED) is 0.942.